The Kier molecular flexibility index (Phi) is 2.56. The molecule has 1 saturated heterocycles. The normalized spacial score (nSPS) is 15.6. The first-order chi connectivity index (χ1) is 7.70. The topological polar surface area (TPSA) is 73.2 Å². The van der Waals surface area contributed by atoms with Crippen LogP contribution in [0.4, 0.5) is 5.69 Å². The fourth-order valence-corrected chi connectivity index (χ4v) is 1.65. The van der Waals surface area contributed by atoms with Crippen molar-refractivity contribution in [2.75, 3.05) is 18.0 Å². The first-order valence-corrected chi connectivity index (χ1v) is 4.77. The number of imide groups is 1. The monoisotopic (exact) mass is 215 g/mol. The van der Waals surface area contributed by atoms with Crippen molar-refractivity contribution in [3.05, 3.63) is 29.8 Å². The van der Waals surface area contributed by atoms with Gasteiger partial charge in [-0.3, -0.25) is 14.9 Å². The van der Waals surface area contributed by atoms with Gasteiger partial charge in [0.2, 0.25) is 11.8 Å². The van der Waals surface area contributed by atoms with Crippen molar-refractivity contribution in [2.45, 2.75) is 0 Å². The third-order valence-electron chi connectivity index (χ3n) is 2.31. The van der Waals surface area contributed by atoms with Gasteiger partial charge in [0.05, 0.1) is 24.3 Å². The lowest BCUT2D eigenvalue weighted by atomic mass is 10.1. The number of hydrogen-bond donors (Lipinski definition) is 1. The largest absolute Gasteiger partial charge is 0.352 e. The third kappa shape index (κ3) is 1.86. The summed E-state index contributed by atoms with van der Waals surface area (Å²) in [6, 6.07) is 8.94. The second-order valence-corrected chi connectivity index (χ2v) is 3.46. The van der Waals surface area contributed by atoms with E-state index in [-0.39, 0.29) is 24.9 Å². The van der Waals surface area contributed by atoms with Crippen LogP contribution >= 0.6 is 0 Å². The van der Waals surface area contributed by atoms with Crippen molar-refractivity contribution < 1.29 is 9.59 Å². The van der Waals surface area contributed by atoms with Gasteiger partial charge in [-0.2, -0.15) is 5.26 Å². The lowest BCUT2D eigenvalue weighted by molar-refractivity contribution is -0.130. The van der Waals surface area contributed by atoms with Gasteiger partial charge in [-0.05, 0) is 12.1 Å². The van der Waals surface area contributed by atoms with Crippen molar-refractivity contribution >= 4 is 17.5 Å². The molecule has 2 amide bonds. The molecule has 5 heteroatoms. The summed E-state index contributed by atoms with van der Waals surface area (Å²) in [5, 5.41) is 11.1. The number of nitrogens with one attached hydrogen (secondary N) is 1. The molecule has 0 spiro atoms. The second kappa shape index (κ2) is 4.03. The van der Waals surface area contributed by atoms with Crippen molar-refractivity contribution in [3.63, 3.8) is 0 Å². The van der Waals surface area contributed by atoms with Crippen LogP contribution < -0.4 is 10.2 Å². The maximum atomic E-state index is 11.2. The Morgan fingerprint density at radius 1 is 1.19 bits per heavy atom. The van der Waals surface area contributed by atoms with Gasteiger partial charge in [-0.25, -0.2) is 0 Å². The van der Waals surface area contributed by atoms with Crippen LogP contribution in [0.25, 0.3) is 0 Å². The summed E-state index contributed by atoms with van der Waals surface area (Å²) < 4.78 is 0. The van der Waals surface area contributed by atoms with Gasteiger partial charge >= 0.3 is 0 Å². The smallest absolute Gasteiger partial charge is 0.246 e. The molecule has 1 N–H and O–H groups in total. The second-order valence-electron chi connectivity index (χ2n) is 3.46. The third-order valence-corrected chi connectivity index (χ3v) is 2.31. The molecule has 1 aliphatic heterocycles. The Hall–Kier alpha value is -2.35. The highest BCUT2D eigenvalue weighted by molar-refractivity contribution is 6.02. The quantitative estimate of drug-likeness (QED) is 0.670. The molecule has 0 bridgehead atoms. The number of benzene rings is 1. The lowest BCUT2D eigenvalue weighted by Crippen LogP contribution is -2.51. The summed E-state index contributed by atoms with van der Waals surface area (Å²) in [7, 11) is 0. The van der Waals surface area contributed by atoms with Gasteiger partial charge in [0.25, 0.3) is 0 Å². The van der Waals surface area contributed by atoms with E-state index < -0.39 is 0 Å². The van der Waals surface area contributed by atoms with Crippen LogP contribution in [0, 0.1) is 11.3 Å². The van der Waals surface area contributed by atoms with E-state index >= 15 is 0 Å². The van der Waals surface area contributed by atoms with Gasteiger partial charge in [-0.1, -0.05) is 12.1 Å². The molecule has 1 fully saturated rings. The summed E-state index contributed by atoms with van der Waals surface area (Å²) in [6.07, 6.45) is 0. The highest BCUT2D eigenvalue weighted by Gasteiger charge is 2.23. The van der Waals surface area contributed by atoms with E-state index in [1.807, 2.05) is 6.07 Å². The van der Waals surface area contributed by atoms with Gasteiger partial charge in [-0.15, -0.1) is 0 Å². The molecule has 0 unspecified atom stereocenters. The minimum absolute atomic E-state index is 0.102. The highest BCUT2D eigenvalue weighted by atomic mass is 16.2. The number of amides is 2. The van der Waals surface area contributed by atoms with Crippen molar-refractivity contribution in [3.8, 4) is 6.07 Å². The average Bonchev–Trinajstić information content (AvgIpc) is 2.27. The Balaban J connectivity index is 2.33. The molecule has 1 aromatic carbocycles. The van der Waals surface area contributed by atoms with Crippen LogP contribution in [0.1, 0.15) is 5.56 Å². The van der Waals surface area contributed by atoms with Gasteiger partial charge < -0.3 is 4.90 Å². The average molecular weight is 215 g/mol. The zero-order valence-electron chi connectivity index (χ0n) is 8.43. The molecule has 1 aromatic rings. The summed E-state index contributed by atoms with van der Waals surface area (Å²) in [5.41, 5.74) is 1.08. The number of anilines is 1. The maximum absolute atomic E-state index is 11.2. The minimum atomic E-state index is -0.344. The number of hydrogen-bond acceptors (Lipinski definition) is 4. The first-order valence-electron chi connectivity index (χ1n) is 4.77. The Morgan fingerprint density at radius 3 is 2.44 bits per heavy atom. The van der Waals surface area contributed by atoms with Gasteiger partial charge in [0, 0.05) is 0 Å². The molecule has 16 heavy (non-hydrogen) atoms. The molecule has 0 aromatic heterocycles. The number of carbonyl (C=O) groups is 2. The number of carbonyl (C=O) groups excluding carboxylic acids is 2. The van der Waals surface area contributed by atoms with Crippen LogP contribution in [-0.4, -0.2) is 24.9 Å². The standard InChI is InChI=1S/C11H9N3O2/c12-5-8-3-1-2-4-9(8)14-6-10(15)13-11(16)7-14/h1-4H,6-7H2,(H,13,15,16). The van der Waals surface area contributed by atoms with Crippen LogP contribution in [-0.2, 0) is 9.59 Å². The van der Waals surface area contributed by atoms with Gasteiger partial charge in [0.1, 0.15) is 6.07 Å². The predicted octanol–water partition coefficient (Wildman–Crippen LogP) is 0.0211. The summed E-state index contributed by atoms with van der Waals surface area (Å²) in [4.78, 5) is 24.0. The molecule has 2 rings (SSSR count). The molecule has 0 saturated carbocycles. The van der Waals surface area contributed by atoms with E-state index in [9.17, 15) is 9.59 Å². The predicted molar refractivity (Wildman–Crippen MR) is 56.5 cm³/mol. The molecule has 5 nitrogen and oxygen atoms in total. The zero-order chi connectivity index (χ0) is 11.5. The van der Waals surface area contributed by atoms with Crippen LogP contribution in [0.15, 0.2) is 24.3 Å². The van der Waals surface area contributed by atoms with Crippen LogP contribution in [0.3, 0.4) is 0 Å². The Morgan fingerprint density at radius 2 is 1.81 bits per heavy atom. The van der Waals surface area contributed by atoms with E-state index in [0.717, 1.165) is 0 Å². The first kappa shape index (κ1) is 10.2. The zero-order valence-corrected chi connectivity index (χ0v) is 8.43. The molecule has 0 aliphatic carbocycles. The molecule has 80 valence electrons. The lowest BCUT2D eigenvalue weighted by Gasteiger charge is -2.27. The van der Waals surface area contributed by atoms with Gasteiger partial charge in [0.15, 0.2) is 0 Å². The fraction of sp³-hybridized carbons (Fsp3) is 0.182. The van der Waals surface area contributed by atoms with Crippen LogP contribution in [0.5, 0.6) is 0 Å². The van der Waals surface area contributed by atoms with E-state index in [4.69, 9.17) is 5.26 Å². The maximum Gasteiger partial charge on any atom is 0.246 e. The summed E-state index contributed by atoms with van der Waals surface area (Å²) >= 11 is 0. The molecule has 0 atom stereocenters. The van der Waals surface area contributed by atoms with E-state index in [1.54, 1.807) is 29.2 Å². The number of nitriles is 1. The van der Waals surface area contributed by atoms with E-state index in [1.165, 1.54) is 0 Å². The van der Waals surface area contributed by atoms with Crippen molar-refractivity contribution in [2.24, 2.45) is 0 Å². The molecule has 1 heterocycles. The number of para-hydroxylation sites is 1. The van der Waals surface area contributed by atoms with Crippen molar-refractivity contribution in [1.82, 2.24) is 5.32 Å². The molecule has 1 aliphatic rings. The molecular weight excluding hydrogens is 206 g/mol. The minimum Gasteiger partial charge on any atom is -0.352 e. The Labute approximate surface area is 92.3 Å². The number of rotatable bonds is 1. The highest BCUT2D eigenvalue weighted by Crippen LogP contribution is 2.19. The number of nitrogens with zero attached hydrogens (tertiary/aromatic N) is 2. The SMILES string of the molecule is N#Cc1ccccc1N1CC(=O)NC(=O)C1. The van der Waals surface area contributed by atoms with Crippen LogP contribution in [0.2, 0.25) is 0 Å². The Bertz CT molecular complexity index is 474. The molecule has 0 radical (unpaired) electrons. The summed E-state index contributed by atoms with van der Waals surface area (Å²) in [5.74, 6) is -0.687. The molecular formula is C11H9N3O2. The fourth-order valence-electron chi connectivity index (χ4n) is 1.65. The van der Waals surface area contributed by atoms with Crippen molar-refractivity contribution in [1.29, 1.82) is 5.26 Å². The van der Waals surface area contributed by atoms with E-state index in [0.29, 0.717) is 11.3 Å². The van der Waals surface area contributed by atoms with E-state index in [2.05, 4.69) is 5.32 Å². The summed E-state index contributed by atoms with van der Waals surface area (Å²) in [6.45, 7) is 0.203. The number of piperazine rings is 1.